The van der Waals surface area contributed by atoms with Crippen LogP contribution in [0.5, 0.6) is 0 Å². The standard InChI is InChI=1S/C22H27N5S/c1-5-22(3,4)16-6-7-18-17(12-16)19-20(24-13-25-21(19)28-18)27-26-14(2)15-8-10-23-11-9-15/h8-11,13,16H,5-7,12H2,1-4H3,(H,24,25,27)/b26-14-/t16-/m0/s1. The zero-order valence-electron chi connectivity index (χ0n) is 17.0. The predicted molar refractivity (Wildman–Crippen MR) is 117 cm³/mol. The first-order chi connectivity index (χ1) is 13.5. The van der Waals surface area contributed by atoms with Crippen LogP contribution in [0.2, 0.25) is 0 Å². The van der Waals surface area contributed by atoms with E-state index in [2.05, 4.69) is 46.3 Å². The number of hydrazone groups is 1. The Morgan fingerprint density at radius 2 is 2.07 bits per heavy atom. The van der Waals surface area contributed by atoms with Crippen LogP contribution in [0.3, 0.4) is 0 Å². The number of thiophene rings is 1. The van der Waals surface area contributed by atoms with Gasteiger partial charge in [-0.2, -0.15) is 5.10 Å². The van der Waals surface area contributed by atoms with Gasteiger partial charge < -0.3 is 0 Å². The minimum atomic E-state index is 0.352. The van der Waals surface area contributed by atoms with Crippen molar-refractivity contribution in [3.8, 4) is 0 Å². The summed E-state index contributed by atoms with van der Waals surface area (Å²) < 4.78 is 0. The van der Waals surface area contributed by atoms with Crippen molar-refractivity contribution in [1.29, 1.82) is 0 Å². The minimum absolute atomic E-state index is 0.352. The lowest BCUT2D eigenvalue weighted by Gasteiger charge is -2.36. The average Bonchev–Trinajstić information content (AvgIpc) is 3.11. The lowest BCUT2D eigenvalue weighted by Crippen LogP contribution is -2.28. The second kappa shape index (κ2) is 7.59. The number of aromatic nitrogens is 3. The van der Waals surface area contributed by atoms with Crippen molar-refractivity contribution in [2.75, 3.05) is 5.43 Å². The molecule has 3 aromatic heterocycles. The van der Waals surface area contributed by atoms with Gasteiger partial charge in [-0.25, -0.2) is 9.97 Å². The van der Waals surface area contributed by atoms with Gasteiger partial charge in [0.25, 0.3) is 0 Å². The number of hydrogen-bond donors (Lipinski definition) is 1. The van der Waals surface area contributed by atoms with Crippen LogP contribution in [-0.2, 0) is 12.8 Å². The van der Waals surface area contributed by atoms with Crippen LogP contribution in [0.15, 0.2) is 36.0 Å². The Morgan fingerprint density at radius 1 is 1.29 bits per heavy atom. The van der Waals surface area contributed by atoms with Gasteiger partial charge in [-0.05, 0) is 55.2 Å². The average molecular weight is 394 g/mol. The highest BCUT2D eigenvalue weighted by Gasteiger charge is 2.33. The van der Waals surface area contributed by atoms with Gasteiger partial charge >= 0.3 is 0 Å². The van der Waals surface area contributed by atoms with Crippen molar-refractivity contribution < 1.29 is 0 Å². The molecule has 3 heterocycles. The van der Waals surface area contributed by atoms with Gasteiger partial charge in [-0.3, -0.25) is 10.4 Å². The molecule has 0 bridgehead atoms. The smallest absolute Gasteiger partial charge is 0.158 e. The number of nitrogens with zero attached hydrogens (tertiary/aromatic N) is 4. The van der Waals surface area contributed by atoms with Crippen molar-refractivity contribution in [3.63, 3.8) is 0 Å². The van der Waals surface area contributed by atoms with Crippen molar-refractivity contribution in [3.05, 3.63) is 46.9 Å². The summed E-state index contributed by atoms with van der Waals surface area (Å²) in [6, 6.07) is 3.92. The lowest BCUT2D eigenvalue weighted by molar-refractivity contribution is 0.184. The van der Waals surface area contributed by atoms with E-state index in [1.54, 1.807) is 18.7 Å². The third-order valence-corrected chi connectivity index (χ3v) is 7.48. The summed E-state index contributed by atoms with van der Waals surface area (Å²) in [5.74, 6) is 1.50. The van der Waals surface area contributed by atoms with E-state index in [9.17, 15) is 0 Å². The van der Waals surface area contributed by atoms with Crippen molar-refractivity contribution in [2.45, 2.75) is 53.4 Å². The fourth-order valence-corrected chi connectivity index (χ4v) is 5.13. The molecule has 0 saturated carbocycles. The molecule has 1 atom stereocenters. The van der Waals surface area contributed by atoms with E-state index < -0.39 is 0 Å². The van der Waals surface area contributed by atoms with Gasteiger partial charge in [0.1, 0.15) is 11.2 Å². The maximum absolute atomic E-state index is 4.58. The molecule has 0 radical (unpaired) electrons. The van der Waals surface area contributed by atoms with Crippen LogP contribution in [0, 0.1) is 11.3 Å². The van der Waals surface area contributed by atoms with Gasteiger partial charge in [0, 0.05) is 22.8 Å². The summed E-state index contributed by atoms with van der Waals surface area (Å²) in [6.07, 6.45) is 9.90. The van der Waals surface area contributed by atoms with Crippen LogP contribution in [0.4, 0.5) is 5.82 Å². The number of rotatable bonds is 5. The van der Waals surface area contributed by atoms with E-state index in [0.29, 0.717) is 11.3 Å². The quantitative estimate of drug-likeness (QED) is 0.461. The molecule has 6 heteroatoms. The maximum Gasteiger partial charge on any atom is 0.158 e. The van der Waals surface area contributed by atoms with E-state index in [1.165, 1.54) is 23.3 Å². The Kier molecular flexibility index (Phi) is 5.15. The van der Waals surface area contributed by atoms with Crippen LogP contribution in [0.25, 0.3) is 10.2 Å². The summed E-state index contributed by atoms with van der Waals surface area (Å²) in [7, 11) is 0. The number of pyridine rings is 1. The van der Waals surface area contributed by atoms with Crippen molar-refractivity contribution >= 4 is 33.1 Å². The van der Waals surface area contributed by atoms with Gasteiger partial charge in [0.05, 0.1) is 11.1 Å². The summed E-state index contributed by atoms with van der Waals surface area (Å²) in [6.45, 7) is 9.09. The first-order valence-corrected chi connectivity index (χ1v) is 10.8. The van der Waals surface area contributed by atoms with Gasteiger partial charge in [-0.15, -0.1) is 11.3 Å². The van der Waals surface area contributed by atoms with Crippen LogP contribution >= 0.6 is 11.3 Å². The second-order valence-corrected chi connectivity index (χ2v) is 9.32. The number of hydrogen-bond acceptors (Lipinski definition) is 6. The maximum atomic E-state index is 4.58. The second-order valence-electron chi connectivity index (χ2n) is 8.23. The first kappa shape index (κ1) is 19.0. The van der Waals surface area contributed by atoms with Crippen molar-refractivity contribution in [1.82, 2.24) is 15.0 Å². The number of anilines is 1. The third kappa shape index (κ3) is 3.53. The molecule has 28 heavy (non-hydrogen) atoms. The number of aryl methyl sites for hydroxylation is 1. The fraction of sp³-hybridized carbons (Fsp3) is 0.455. The highest BCUT2D eigenvalue weighted by molar-refractivity contribution is 7.19. The van der Waals surface area contributed by atoms with Crippen LogP contribution in [0.1, 0.15) is 56.5 Å². The lowest BCUT2D eigenvalue weighted by atomic mass is 9.69. The molecule has 4 rings (SSSR count). The van der Waals surface area contributed by atoms with E-state index >= 15 is 0 Å². The summed E-state index contributed by atoms with van der Waals surface area (Å²) >= 11 is 1.82. The molecule has 146 valence electrons. The highest BCUT2D eigenvalue weighted by Crippen LogP contribution is 2.45. The number of nitrogens with one attached hydrogen (secondary N) is 1. The zero-order valence-corrected chi connectivity index (χ0v) is 17.8. The molecule has 0 aliphatic heterocycles. The topological polar surface area (TPSA) is 63.1 Å². The SMILES string of the molecule is CCC(C)(C)[C@H]1CCc2sc3ncnc(N/N=C(/C)c4ccncc4)c3c2C1. The molecule has 0 saturated heterocycles. The Balaban J connectivity index is 1.68. The summed E-state index contributed by atoms with van der Waals surface area (Å²) in [4.78, 5) is 15.7. The highest BCUT2D eigenvalue weighted by atomic mass is 32.1. The molecule has 0 aromatic carbocycles. The molecule has 0 unspecified atom stereocenters. The molecule has 1 N–H and O–H groups in total. The molecule has 3 aromatic rings. The molecule has 5 nitrogen and oxygen atoms in total. The Labute approximate surface area is 170 Å². The number of fused-ring (bicyclic) bond motifs is 3. The van der Waals surface area contributed by atoms with E-state index in [4.69, 9.17) is 0 Å². The normalized spacial score (nSPS) is 17.6. The minimum Gasteiger partial charge on any atom is -0.265 e. The molecular weight excluding hydrogens is 366 g/mol. The van der Waals surface area contributed by atoms with Crippen LogP contribution < -0.4 is 5.43 Å². The fourth-order valence-electron chi connectivity index (χ4n) is 3.94. The van der Waals surface area contributed by atoms with Gasteiger partial charge in [-0.1, -0.05) is 27.2 Å². The van der Waals surface area contributed by atoms with Crippen LogP contribution in [-0.4, -0.2) is 20.7 Å². The van der Waals surface area contributed by atoms with Gasteiger partial charge in [0.2, 0.25) is 0 Å². The van der Waals surface area contributed by atoms with E-state index in [0.717, 1.165) is 40.2 Å². The molecule has 0 amide bonds. The monoisotopic (exact) mass is 393 g/mol. The Bertz CT molecular complexity index is 1010. The molecule has 0 fully saturated rings. The predicted octanol–water partition coefficient (Wildman–Crippen LogP) is 5.46. The molecule has 0 spiro atoms. The summed E-state index contributed by atoms with van der Waals surface area (Å²) in [5.41, 5.74) is 6.95. The molecule has 1 aliphatic carbocycles. The summed E-state index contributed by atoms with van der Waals surface area (Å²) in [5, 5.41) is 5.74. The molecule has 1 aliphatic rings. The zero-order chi connectivity index (χ0) is 19.7. The largest absolute Gasteiger partial charge is 0.265 e. The van der Waals surface area contributed by atoms with Gasteiger partial charge in [0.15, 0.2) is 5.82 Å². The van der Waals surface area contributed by atoms with Crippen molar-refractivity contribution in [2.24, 2.45) is 16.4 Å². The molecular formula is C22H27N5S. The Morgan fingerprint density at radius 3 is 2.82 bits per heavy atom. The van der Waals surface area contributed by atoms with E-state index in [1.807, 2.05) is 30.4 Å². The Hall–Kier alpha value is -2.34. The first-order valence-electron chi connectivity index (χ1n) is 9.95. The van der Waals surface area contributed by atoms with E-state index in [-0.39, 0.29) is 0 Å². The third-order valence-electron chi connectivity index (χ3n) is 6.29.